The zero-order chi connectivity index (χ0) is 13.4. The minimum atomic E-state index is 0.600. The van der Waals surface area contributed by atoms with Crippen molar-refractivity contribution >= 4 is 5.69 Å². The molecule has 2 aromatic heterocycles. The Morgan fingerprint density at radius 2 is 1.80 bits per heavy atom. The van der Waals surface area contributed by atoms with E-state index >= 15 is 0 Å². The van der Waals surface area contributed by atoms with Gasteiger partial charge in [0.25, 0.3) is 0 Å². The Morgan fingerprint density at radius 1 is 1.05 bits per heavy atom. The van der Waals surface area contributed by atoms with Gasteiger partial charge in [0.15, 0.2) is 0 Å². The van der Waals surface area contributed by atoms with Crippen LogP contribution < -0.4 is 4.90 Å². The second-order valence-electron chi connectivity index (χ2n) is 6.41. The van der Waals surface area contributed by atoms with Crippen molar-refractivity contribution in [1.29, 1.82) is 0 Å². The Bertz CT molecular complexity index is 568. The molecular formula is C17H19N3. The first kappa shape index (κ1) is 11.9. The van der Waals surface area contributed by atoms with Crippen molar-refractivity contribution in [2.75, 3.05) is 18.0 Å². The standard InChI is InChI=1S/C17H19N3/c1-3-14(10-18-5-1)7-15-8-17(9-15)12-20(13-17)16-4-2-6-19-11-16/h1-6,10-11,15H,7-9,12-13H2. The molecule has 0 radical (unpaired) electrons. The Morgan fingerprint density at radius 3 is 2.45 bits per heavy atom. The highest BCUT2D eigenvalue weighted by atomic mass is 15.2. The van der Waals surface area contributed by atoms with Crippen molar-refractivity contribution in [2.45, 2.75) is 19.3 Å². The molecule has 1 saturated heterocycles. The number of aromatic nitrogens is 2. The number of hydrogen-bond donors (Lipinski definition) is 0. The van der Waals surface area contributed by atoms with Crippen molar-refractivity contribution in [2.24, 2.45) is 11.3 Å². The van der Waals surface area contributed by atoms with Gasteiger partial charge < -0.3 is 4.90 Å². The normalized spacial score (nSPS) is 20.5. The smallest absolute Gasteiger partial charge is 0.0553 e. The van der Waals surface area contributed by atoms with Gasteiger partial charge in [-0.3, -0.25) is 9.97 Å². The van der Waals surface area contributed by atoms with Gasteiger partial charge in [-0.25, -0.2) is 0 Å². The van der Waals surface area contributed by atoms with Gasteiger partial charge in [-0.15, -0.1) is 0 Å². The maximum absolute atomic E-state index is 4.20. The van der Waals surface area contributed by atoms with Crippen LogP contribution in [0.1, 0.15) is 18.4 Å². The van der Waals surface area contributed by atoms with Gasteiger partial charge in [0.05, 0.1) is 11.9 Å². The van der Waals surface area contributed by atoms with E-state index < -0.39 is 0 Å². The Balaban J connectivity index is 1.30. The minimum Gasteiger partial charge on any atom is -0.369 e. The molecule has 0 bridgehead atoms. The Hall–Kier alpha value is -1.90. The molecule has 0 amide bonds. The second kappa shape index (κ2) is 4.58. The van der Waals surface area contributed by atoms with Crippen LogP contribution in [0, 0.1) is 11.3 Å². The lowest BCUT2D eigenvalue weighted by atomic mass is 9.56. The third-order valence-corrected chi connectivity index (χ3v) is 4.75. The largest absolute Gasteiger partial charge is 0.369 e. The first-order chi connectivity index (χ1) is 9.83. The maximum atomic E-state index is 4.20. The number of anilines is 1. The van der Waals surface area contributed by atoms with Gasteiger partial charge in [0.1, 0.15) is 0 Å². The number of pyridine rings is 2. The van der Waals surface area contributed by atoms with Crippen molar-refractivity contribution in [1.82, 2.24) is 9.97 Å². The van der Waals surface area contributed by atoms with E-state index in [4.69, 9.17) is 0 Å². The fourth-order valence-corrected chi connectivity index (χ4v) is 3.91. The highest BCUT2D eigenvalue weighted by Crippen LogP contribution is 2.53. The lowest BCUT2D eigenvalue weighted by Gasteiger charge is -2.60. The molecule has 3 heterocycles. The van der Waals surface area contributed by atoms with Crippen LogP contribution in [0.25, 0.3) is 0 Å². The Labute approximate surface area is 119 Å². The lowest BCUT2D eigenvalue weighted by molar-refractivity contribution is 0.0239. The fraction of sp³-hybridized carbons (Fsp3) is 0.412. The average molecular weight is 265 g/mol. The van der Waals surface area contributed by atoms with E-state index in [0.717, 1.165) is 5.92 Å². The summed E-state index contributed by atoms with van der Waals surface area (Å²) in [5.41, 5.74) is 3.26. The molecule has 4 rings (SSSR count). The van der Waals surface area contributed by atoms with Crippen molar-refractivity contribution in [3.63, 3.8) is 0 Å². The van der Waals surface area contributed by atoms with Crippen LogP contribution in [0.3, 0.4) is 0 Å². The number of nitrogens with zero attached hydrogens (tertiary/aromatic N) is 3. The van der Waals surface area contributed by atoms with Crippen molar-refractivity contribution < 1.29 is 0 Å². The highest BCUT2D eigenvalue weighted by molar-refractivity contribution is 5.48. The predicted octanol–water partition coefficient (Wildman–Crippen LogP) is 2.94. The first-order valence-electron chi connectivity index (χ1n) is 7.37. The zero-order valence-electron chi connectivity index (χ0n) is 11.6. The van der Waals surface area contributed by atoms with E-state index in [1.54, 1.807) is 0 Å². The third-order valence-electron chi connectivity index (χ3n) is 4.75. The molecule has 3 heteroatoms. The minimum absolute atomic E-state index is 0.600. The Kier molecular flexibility index (Phi) is 2.72. The van der Waals surface area contributed by atoms with Crippen LogP contribution in [0.2, 0.25) is 0 Å². The van der Waals surface area contributed by atoms with Gasteiger partial charge in [0.2, 0.25) is 0 Å². The zero-order valence-corrected chi connectivity index (χ0v) is 11.6. The monoisotopic (exact) mass is 265 g/mol. The summed E-state index contributed by atoms with van der Waals surface area (Å²) in [5.74, 6) is 0.857. The maximum Gasteiger partial charge on any atom is 0.0553 e. The summed E-state index contributed by atoms with van der Waals surface area (Å²) in [6.45, 7) is 2.42. The van der Waals surface area contributed by atoms with E-state index in [0.29, 0.717) is 5.41 Å². The summed E-state index contributed by atoms with van der Waals surface area (Å²) in [6.07, 6.45) is 11.6. The van der Waals surface area contributed by atoms with Crippen molar-refractivity contribution in [3.8, 4) is 0 Å². The van der Waals surface area contributed by atoms with Crippen LogP contribution in [0.4, 0.5) is 5.69 Å². The van der Waals surface area contributed by atoms with Crippen LogP contribution in [0.15, 0.2) is 49.1 Å². The summed E-state index contributed by atoms with van der Waals surface area (Å²) in [7, 11) is 0. The first-order valence-corrected chi connectivity index (χ1v) is 7.37. The third kappa shape index (κ3) is 2.07. The molecule has 1 aliphatic heterocycles. The van der Waals surface area contributed by atoms with E-state index in [1.165, 1.54) is 43.6 Å². The molecule has 2 aromatic rings. The molecule has 1 aliphatic carbocycles. The molecule has 0 aromatic carbocycles. The topological polar surface area (TPSA) is 29.0 Å². The summed E-state index contributed by atoms with van der Waals surface area (Å²) in [6, 6.07) is 8.41. The van der Waals surface area contributed by atoms with Crippen LogP contribution in [-0.4, -0.2) is 23.1 Å². The molecule has 0 atom stereocenters. The molecule has 1 spiro atoms. The van der Waals surface area contributed by atoms with Crippen molar-refractivity contribution in [3.05, 3.63) is 54.6 Å². The fourth-order valence-electron chi connectivity index (χ4n) is 3.91. The molecule has 2 fully saturated rings. The molecule has 2 aliphatic rings. The molecular weight excluding hydrogens is 246 g/mol. The highest BCUT2D eigenvalue weighted by Gasteiger charge is 2.51. The predicted molar refractivity (Wildman–Crippen MR) is 79.5 cm³/mol. The van der Waals surface area contributed by atoms with E-state index in [9.17, 15) is 0 Å². The van der Waals surface area contributed by atoms with Crippen LogP contribution in [0.5, 0.6) is 0 Å². The average Bonchev–Trinajstić information content (AvgIpc) is 2.42. The summed E-state index contributed by atoms with van der Waals surface area (Å²) in [5, 5.41) is 0. The SMILES string of the molecule is c1cncc(CC2CC3(C2)CN(c2cccnc2)C3)c1. The summed E-state index contributed by atoms with van der Waals surface area (Å²) < 4.78 is 0. The van der Waals surface area contributed by atoms with E-state index in [2.05, 4.69) is 27.0 Å². The van der Waals surface area contributed by atoms with Crippen LogP contribution >= 0.6 is 0 Å². The molecule has 102 valence electrons. The molecule has 0 unspecified atom stereocenters. The molecule has 3 nitrogen and oxygen atoms in total. The van der Waals surface area contributed by atoms with Gasteiger partial charge in [0, 0.05) is 37.1 Å². The number of rotatable bonds is 3. The lowest BCUT2D eigenvalue weighted by Crippen LogP contribution is -2.62. The van der Waals surface area contributed by atoms with Gasteiger partial charge in [-0.2, -0.15) is 0 Å². The summed E-state index contributed by atoms with van der Waals surface area (Å²) in [4.78, 5) is 10.9. The molecule has 20 heavy (non-hydrogen) atoms. The van der Waals surface area contributed by atoms with Gasteiger partial charge >= 0.3 is 0 Å². The molecule has 1 saturated carbocycles. The molecule has 0 N–H and O–H groups in total. The quantitative estimate of drug-likeness (QED) is 0.854. The summed E-state index contributed by atoms with van der Waals surface area (Å²) >= 11 is 0. The van der Waals surface area contributed by atoms with E-state index in [-0.39, 0.29) is 0 Å². The number of hydrogen-bond acceptors (Lipinski definition) is 3. The van der Waals surface area contributed by atoms with Gasteiger partial charge in [-0.05, 0) is 48.9 Å². The van der Waals surface area contributed by atoms with E-state index in [1.807, 2.05) is 36.9 Å². The van der Waals surface area contributed by atoms with Gasteiger partial charge in [-0.1, -0.05) is 6.07 Å². The second-order valence-corrected chi connectivity index (χ2v) is 6.41. The van der Waals surface area contributed by atoms with Crippen LogP contribution in [-0.2, 0) is 6.42 Å².